The van der Waals surface area contributed by atoms with Gasteiger partial charge in [0, 0.05) is 19.6 Å². The molecule has 1 aromatic carbocycles. The molecule has 0 aliphatic carbocycles. The third kappa shape index (κ3) is 3.79. The first-order valence-electron chi connectivity index (χ1n) is 8.62. The van der Waals surface area contributed by atoms with Gasteiger partial charge in [0.2, 0.25) is 11.9 Å². The number of carbonyl (C=O) groups is 1. The highest BCUT2D eigenvalue weighted by Crippen LogP contribution is 2.21. The summed E-state index contributed by atoms with van der Waals surface area (Å²) in [6.45, 7) is 3.61. The highest BCUT2D eigenvalue weighted by Gasteiger charge is 2.26. The highest BCUT2D eigenvalue weighted by atomic mass is 19.1. The molecular formula is C19H18FN5O2. The zero-order valence-corrected chi connectivity index (χ0v) is 14.8. The lowest BCUT2D eigenvalue weighted by Crippen LogP contribution is -2.50. The van der Waals surface area contributed by atoms with Crippen molar-refractivity contribution in [3.05, 3.63) is 59.7 Å². The Labute approximate surface area is 155 Å². The lowest BCUT2D eigenvalue weighted by molar-refractivity contribution is -0.131. The fraction of sp³-hybridized carbons (Fsp3) is 0.263. The molecule has 27 heavy (non-hydrogen) atoms. The van der Waals surface area contributed by atoms with Crippen LogP contribution in [0.2, 0.25) is 0 Å². The summed E-state index contributed by atoms with van der Waals surface area (Å²) >= 11 is 0. The number of carbonyl (C=O) groups excluding carboxylic acids is 1. The summed E-state index contributed by atoms with van der Waals surface area (Å²) in [6, 6.07) is 9.87. The van der Waals surface area contributed by atoms with Crippen molar-refractivity contribution in [1.82, 2.24) is 20.1 Å². The van der Waals surface area contributed by atoms with Crippen molar-refractivity contribution in [2.45, 2.75) is 13.5 Å². The second-order valence-corrected chi connectivity index (χ2v) is 6.42. The topological polar surface area (TPSA) is 75.4 Å². The van der Waals surface area contributed by atoms with E-state index in [0.717, 1.165) is 11.3 Å². The lowest BCUT2D eigenvalue weighted by Gasteiger charge is -2.34. The van der Waals surface area contributed by atoms with Crippen LogP contribution in [0.25, 0.3) is 11.5 Å². The number of benzene rings is 1. The molecular weight excluding hydrogens is 349 g/mol. The molecule has 0 N–H and O–H groups in total. The molecule has 1 saturated heterocycles. The maximum absolute atomic E-state index is 13.0. The Morgan fingerprint density at radius 3 is 2.67 bits per heavy atom. The van der Waals surface area contributed by atoms with Gasteiger partial charge in [-0.1, -0.05) is 12.1 Å². The monoisotopic (exact) mass is 367 g/mol. The number of hydrogen-bond donors (Lipinski definition) is 0. The van der Waals surface area contributed by atoms with Crippen LogP contribution in [0, 0.1) is 12.7 Å². The van der Waals surface area contributed by atoms with E-state index < -0.39 is 0 Å². The molecule has 138 valence electrons. The molecule has 0 saturated carbocycles. The number of hydrogen-bond acceptors (Lipinski definition) is 6. The zero-order chi connectivity index (χ0) is 18.8. The zero-order valence-electron chi connectivity index (χ0n) is 14.8. The minimum absolute atomic E-state index is 0.0339. The predicted octanol–water partition coefficient (Wildman–Crippen LogP) is 2.43. The molecule has 0 radical (unpaired) electrons. The van der Waals surface area contributed by atoms with Gasteiger partial charge in [-0.05, 0) is 36.8 Å². The van der Waals surface area contributed by atoms with Crippen LogP contribution in [-0.2, 0) is 11.3 Å². The second-order valence-electron chi connectivity index (χ2n) is 6.42. The summed E-state index contributed by atoms with van der Waals surface area (Å²) in [7, 11) is 0. The van der Waals surface area contributed by atoms with E-state index in [9.17, 15) is 9.18 Å². The number of halogens is 1. The normalized spacial score (nSPS) is 14.7. The van der Waals surface area contributed by atoms with E-state index in [1.165, 1.54) is 18.3 Å². The predicted molar refractivity (Wildman–Crippen MR) is 96.3 cm³/mol. The van der Waals surface area contributed by atoms with E-state index >= 15 is 0 Å². The SMILES string of the molecule is Cc1ccc(-c2cnnc(N3CCN(Cc4ccc(F)cc4)C(=O)C3)n2)o1. The molecule has 0 spiro atoms. The summed E-state index contributed by atoms with van der Waals surface area (Å²) in [5.74, 6) is 1.48. The summed E-state index contributed by atoms with van der Waals surface area (Å²) < 4.78 is 18.6. The molecule has 1 fully saturated rings. The van der Waals surface area contributed by atoms with Crippen molar-refractivity contribution in [3.63, 3.8) is 0 Å². The molecule has 1 amide bonds. The minimum atomic E-state index is -0.286. The van der Waals surface area contributed by atoms with Gasteiger partial charge in [-0.2, -0.15) is 5.10 Å². The van der Waals surface area contributed by atoms with Gasteiger partial charge in [-0.25, -0.2) is 9.37 Å². The fourth-order valence-electron chi connectivity index (χ4n) is 2.98. The number of rotatable bonds is 4. The first-order chi connectivity index (χ1) is 13.1. The van der Waals surface area contributed by atoms with Gasteiger partial charge in [0.05, 0.1) is 6.20 Å². The summed E-state index contributed by atoms with van der Waals surface area (Å²) in [6.07, 6.45) is 1.54. The Morgan fingerprint density at radius 2 is 1.96 bits per heavy atom. The van der Waals surface area contributed by atoms with Crippen LogP contribution in [0.4, 0.5) is 10.3 Å². The molecule has 0 bridgehead atoms. The highest BCUT2D eigenvalue weighted by molar-refractivity contribution is 5.82. The van der Waals surface area contributed by atoms with E-state index in [2.05, 4.69) is 15.2 Å². The van der Waals surface area contributed by atoms with Gasteiger partial charge in [0.15, 0.2) is 5.76 Å². The largest absolute Gasteiger partial charge is 0.460 e. The smallest absolute Gasteiger partial charge is 0.246 e. The molecule has 7 nitrogen and oxygen atoms in total. The van der Waals surface area contributed by atoms with Crippen LogP contribution < -0.4 is 4.90 Å². The summed E-state index contributed by atoms with van der Waals surface area (Å²) in [5.41, 5.74) is 1.47. The minimum Gasteiger partial charge on any atom is -0.460 e. The van der Waals surface area contributed by atoms with Crippen molar-refractivity contribution in [1.29, 1.82) is 0 Å². The number of nitrogens with zero attached hydrogens (tertiary/aromatic N) is 5. The molecule has 1 aliphatic heterocycles. The van der Waals surface area contributed by atoms with Crippen molar-refractivity contribution in [2.24, 2.45) is 0 Å². The van der Waals surface area contributed by atoms with Crippen LogP contribution in [0.15, 0.2) is 47.0 Å². The third-order valence-corrected chi connectivity index (χ3v) is 4.43. The molecule has 3 heterocycles. The quantitative estimate of drug-likeness (QED) is 0.705. The van der Waals surface area contributed by atoms with Crippen molar-refractivity contribution < 1.29 is 13.6 Å². The summed E-state index contributed by atoms with van der Waals surface area (Å²) in [4.78, 5) is 20.6. The molecule has 4 rings (SSSR count). The number of aromatic nitrogens is 3. The van der Waals surface area contributed by atoms with Gasteiger partial charge in [-0.15, -0.1) is 5.10 Å². The third-order valence-electron chi connectivity index (χ3n) is 4.43. The molecule has 0 unspecified atom stereocenters. The van der Waals surface area contributed by atoms with Crippen LogP contribution in [0.5, 0.6) is 0 Å². The maximum atomic E-state index is 13.0. The Morgan fingerprint density at radius 1 is 1.15 bits per heavy atom. The van der Waals surface area contributed by atoms with Gasteiger partial charge in [-0.3, -0.25) is 4.79 Å². The molecule has 3 aromatic rings. The Kier molecular flexibility index (Phi) is 4.53. The van der Waals surface area contributed by atoms with E-state index in [4.69, 9.17) is 4.42 Å². The van der Waals surface area contributed by atoms with Gasteiger partial charge >= 0.3 is 0 Å². The van der Waals surface area contributed by atoms with E-state index in [0.29, 0.717) is 37.0 Å². The average Bonchev–Trinajstić information content (AvgIpc) is 3.12. The van der Waals surface area contributed by atoms with Crippen molar-refractivity contribution in [2.75, 3.05) is 24.5 Å². The maximum Gasteiger partial charge on any atom is 0.246 e. The van der Waals surface area contributed by atoms with E-state index in [-0.39, 0.29) is 18.3 Å². The number of aryl methyl sites for hydroxylation is 1. The van der Waals surface area contributed by atoms with Crippen LogP contribution in [0.3, 0.4) is 0 Å². The van der Waals surface area contributed by atoms with Crippen LogP contribution in [0.1, 0.15) is 11.3 Å². The molecule has 1 aliphatic rings. The van der Waals surface area contributed by atoms with Crippen LogP contribution in [-0.4, -0.2) is 45.6 Å². The van der Waals surface area contributed by atoms with Gasteiger partial charge in [0.25, 0.3) is 0 Å². The average molecular weight is 367 g/mol. The molecule has 2 aromatic heterocycles. The van der Waals surface area contributed by atoms with Gasteiger partial charge < -0.3 is 14.2 Å². The number of amides is 1. The molecule has 0 atom stereocenters. The van der Waals surface area contributed by atoms with E-state index in [1.54, 1.807) is 21.9 Å². The number of furan rings is 1. The first kappa shape index (κ1) is 17.1. The Hall–Kier alpha value is -3.29. The van der Waals surface area contributed by atoms with E-state index in [1.807, 2.05) is 19.1 Å². The van der Waals surface area contributed by atoms with Crippen LogP contribution >= 0.6 is 0 Å². The van der Waals surface area contributed by atoms with Crippen molar-refractivity contribution in [3.8, 4) is 11.5 Å². The number of piperazine rings is 1. The second kappa shape index (κ2) is 7.14. The van der Waals surface area contributed by atoms with Gasteiger partial charge in [0.1, 0.15) is 23.8 Å². The Balaban J connectivity index is 1.45. The lowest BCUT2D eigenvalue weighted by atomic mass is 10.2. The van der Waals surface area contributed by atoms with Crippen molar-refractivity contribution >= 4 is 11.9 Å². The number of anilines is 1. The standard InChI is InChI=1S/C19H18FN5O2/c1-13-2-7-17(27-13)16-10-21-23-19(22-16)25-9-8-24(18(26)12-25)11-14-3-5-15(20)6-4-14/h2-7,10H,8-9,11-12H2,1H3. The fourth-order valence-corrected chi connectivity index (χ4v) is 2.98. The summed E-state index contributed by atoms with van der Waals surface area (Å²) in [5, 5.41) is 8.05. The Bertz CT molecular complexity index is 957. The molecule has 8 heteroatoms. The first-order valence-corrected chi connectivity index (χ1v) is 8.62.